The largest absolute Gasteiger partial charge is 0.493 e. The van der Waals surface area contributed by atoms with Crippen molar-refractivity contribution < 1.29 is 9.47 Å². The molecule has 1 rings (SSSR count). The molecule has 0 aliphatic carbocycles. The van der Waals surface area contributed by atoms with Gasteiger partial charge in [0.1, 0.15) is 0 Å². The van der Waals surface area contributed by atoms with Crippen LogP contribution in [0.3, 0.4) is 0 Å². The van der Waals surface area contributed by atoms with Gasteiger partial charge in [-0.1, -0.05) is 13.8 Å². The number of aliphatic imine (C=N–C) groups is 1. The zero-order valence-electron chi connectivity index (χ0n) is 14.3. The molecule has 0 radical (unpaired) electrons. The summed E-state index contributed by atoms with van der Waals surface area (Å²) in [6.45, 7) is 5.20. The standard InChI is InChI=1S/C16H27N3O2S.HI/c1-12(2)11-22-9-5-8-18-16(17)19-13-6-7-14(20-3)15(10-13)21-4;/h6-7,10,12H,5,8-9,11H2,1-4H3,(H3,17,18,19);1H. The lowest BCUT2D eigenvalue weighted by molar-refractivity contribution is 0.355. The van der Waals surface area contributed by atoms with Crippen molar-refractivity contribution in [3.8, 4) is 11.5 Å². The number of rotatable bonds is 9. The highest BCUT2D eigenvalue weighted by Gasteiger charge is 2.04. The SMILES string of the molecule is COc1ccc(NC(N)=NCCCSCC(C)C)cc1OC.I. The number of hydrogen-bond acceptors (Lipinski definition) is 4. The maximum absolute atomic E-state index is 5.89. The molecule has 23 heavy (non-hydrogen) atoms. The first-order valence-electron chi connectivity index (χ1n) is 7.43. The van der Waals surface area contributed by atoms with Crippen LogP contribution >= 0.6 is 35.7 Å². The van der Waals surface area contributed by atoms with Gasteiger partial charge in [0.2, 0.25) is 0 Å². The molecule has 7 heteroatoms. The van der Waals surface area contributed by atoms with Crippen molar-refractivity contribution in [1.29, 1.82) is 0 Å². The molecule has 132 valence electrons. The van der Waals surface area contributed by atoms with E-state index < -0.39 is 0 Å². The van der Waals surface area contributed by atoms with E-state index in [1.807, 2.05) is 30.0 Å². The van der Waals surface area contributed by atoms with Crippen molar-refractivity contribution in [2.24, 2.45) is 16.6 Å². The number of guanidine groups is 1. The van der Waals surface area contributed by atoms with Gasteiger partial charge in [-0.3, -0.25) is 4.99 Å². The molecule has 0 aliphatic rings. The number of halogens is 1. The first-order valence-corrected chi connectivity index (χ1v) is 8.59. The van der Waals surface area contributed by atoms with E-state index in [0.717, 1.165) is 30.3 Å². The Balaban J connectivity index is 0.00000484. The fourth-order valence-electron chi connectivity index (χ4n) is 1.79. The van der Waals surface area contributed by atoms with E-state index in [9.17, 15) is 0 Å². The molecule has 0 aliphatic heterocycles. The van der Waals surface area contributed by atoms with Crippen LogP contribution in [-0.4, -0.2) is 38.2 Å². The van der Waals surface area contributed by atoms with Crippen molar-refractivity contribution in [3.05, 3.63) is 18.2 Å². The highest BCUT2D eigenvalue weighted by atomic mass is 127. The van der Waals surface area contributed by atoms with Crippen LogP contribution in [0, 0.1) is 5.92 Å². The van der Waals surface area contributed by atoms with Gasteiger partial charge in [-0.15, -0.1) is 24.0 Å². The van der Waals surface area contributed by atoms with Crippen molar-refractivity contribution in [2.75, 3.05) is 37.6 Å². The van der Waals surface area contributed by atoms with Crippen LogP contribution in [0.2, 0.25) is 0 Å². The van der Waals surface area contributed by atoms with Gasteiger partial charge < -0.3 is 20.5 Å². The van der Waals surface area contributed by atoms with Crippen LogP contribution in [0.4, 0.5) is 5.69 Å². The van der Waals surface area contributed by atoms with Gasteiger partial charge in [-0.2, -0.15) is 11.8 Å². The Labute approximate surface area is 160 Å². The van der Waals surface area contributed by atoms with Gasteiger partial charge >= 0.3 is 0 Å². The van der Waals surface area contributed by atoms with Crippen molar-refractivity contribution in [3.63, 3.8) is 0 Å². The van der Waals surface area contributed by atoms with Crippen molar-refractivity contribution in [1.82, 2.24) is 0 Å². The molecular formula is C16H28IN3O2S. The van der Waals surface area contributed by atoms with Crippen LogP contribution in [0.15, 0.2) is 23.2 Å². The number of hydrogen-bond donors (Lipinski definition) is 2. The van der Waals surface area contributed by atoms with Crippen molar-refractivity contribution in [2.45, 2.75) is 20.3 Å². The number of nitrogens with zero attached hydrogens (tertiary/aromatic N) is 1. The third-order valence-electron chi connectivity index (χ3n) is 2.84. The minimum Gasteiger partial charge on any atom is -0.493 e. The minimum absolute atomic E-state index is 0. The van der Waals surface area contributed by atoms with Gasteiger partial charge in [0, 0.05) is 18.3 Å². The second-order valence-electron chi connectivity index (χ2n) is 5.28. The van der Waals surface area contributed by atoms with Crippen LogP contribution in [0.5, 0.6) is 11.5 Å². The fraction of sp³-hybridized carbons (Fsp3) is 0.562. The van der Waals surface area contributed by atoms with Crippen LogP contribution in [0.25, 0.3) is 0 Å². The monoisotopic (exact) mass is 453 g/mol. The summed E-state index contributed by atoms with van der Waals surface area (Å²) in [5.41, 5.74) is 6.72. The van der Waals surface area contributed by atoms with E-state index in [4.69, 9.17) is 15.2 Å². The second-order valence-corrected chi connectivity index (χ2v) is 6.43. The molecule has 0 heterocycles. The number of methoxy groups -OCH3 is 2. The summed E-state index contributed by atoms with van der Waals surface area (Å²) in [4.78, 5) is 4.33. The van der Waals surface area contributed by atoms with E-state index in [-0.39, 0.29) is 24.0 Å². The minimum atomic E-state index is 0. The number of benzene rings is 1. The van der Waals surface area contributed by atoms with Crippen LogP contribution < -0.4 is 20.5 Å². The topological polar surface area (TPSA) is 68.9 Å². The summed E-state index contributed by atoms with van der Waals surface area (Å²) < 4.78 is 10.5. The molecule has 0 spiro atoms. The fourth-order valence-corrected chi connectivity index (χ4v) is 2.76. The molecule has 0 atom stereocenters. The molecule has 0 saturated carbocycles. The summed E-state index contributed by atoms with van der Waals surface area (Å²) in [7, 11) is 3.21. The maximum Gasteiger partial charge on any atom is 0.193 e. The predicted octanol–water partition coefficient (Wildman–Crippen LogP) is 3.83. The first kappa shape index (κ1) is 22.2. The third kappa shape index (κ3) is 9.14. The van der Waals surface area contributed by atoms with Crippen LogP contribution in [-0.2, 0) is 0 Å². The number of thioether (sulfide) groups is 1. The van der Waals surface area contributed by atoms with Gasteiger partial charge in [0.15, 0.2) is 17.5 Å². The predicted molar refractivity (Wildman–Crippen MR) is 112 cm³/mol. The second kappa shape index (κ2) is 12.6. The first-order chi connectivity index (χ1) is 10.6. The molecule has 5 nitrogen and oxygen atoms in total. The lowest BCUT2D eigenvalue weighted by Gasteiger charge is -2.11. The number of anilines is 1. The molecule has 0 unspecified atom stereocenters. The number of ether oxygens (including phenoxy) is 2. The molecule has 0 amide bonds. The quantitative estimate of drug-likeness (QED) is 0.258. The average Bonchev–Trinajstić information content (AvgIpc) is 2.50. The van der Waals surface area contributed by atoms with E-state index in [1.54, 1.807) is 14.2 Å². The van der Waals surface area contributed by atoms with Crippen LogP contribution in [0.1, 0.15) is 20.3 Å². The highest BCUT2D eigenvalue weighted by molar-refractivity contribution is 14.0. The summed E-state index contributed by atoms with van der Waals surface area (Å²) in [5.74, 6) is 4.82. The van der Waals surface area contributed by atoms with Gasteiger partial charge in [-0.25, -0.2) is 0 Å². The van der Waals surface area contributed by atoms with E-state index in [0.29, 0.717) is 17.5 Å². The third-order valence-corrected chi connectivity index (χ3v) is 4.32. The van der Waals surface area contributed by atoms with Gasteiger partial charge in [0.25, 0.3) is 0 Å². The molecule has 0 fully saturated rings. The van der Waals surface area contributed by atoms with Gasteiger partial charge in [0.05, 0.1) is 14.2 Å². The zero-order chi connectivity index (χ0) is 16.4. The number of nitrogens with two attached hydrogens (primary N) is 1. The van der Waals surface area contributed by atoms with E-state index >= 15 is 0 Å². The van der Waals surface area contributed by atoms with Crippen molar-refractivity contribution >= 4 is 47.4 Å². The number of nitrogens with one attached hydrogen (secondary N) is 1. The Morgan fingerprint density at radius 1 is 1.26 bits per heavy atom. The Morgan fingerprint density at radius 2 is 1.96 bits per heavy atom. The lowest BCUT2D eigenvalue weighted by atomic mass is 10.3. The van der Waals surface area contributed by atoms with E-state index in [1.165, 1.54) is 5.75 Å². The average molecular weight is 453 g/mol. The Morgan fingerprint density at radius 3 is 2.57 bits per heavy atom. The van der Waals surface area contributed by atoms with E-state index in [2.05, 4.69) is 24.2 Å². The Bertz CT molecular complexity index is 484. The molecule has 1 aromatic carbocycles. The Hall–Kier alpha value is -0.830. The molecule has 1 aromatic rings. The highest BCUT2D eigenvalue weighted by Crippen LogP contribution is 2.29. The molecular weight excluding hydrogens is 425 g/mol. The summed E-state index contributed by atoms with van der Waals surface area (Å²) >= 11 is 1.97. The summed E-state index contributed by atoms with van der Waals surface area (Å²) in [5, 5.41) is 3.06. The molecule has 0 saturated heterocycles. The Kier molecular flexibility index (Phi) is 12.1. The molecule has 3 N–H and O–H groups in total. The lowest BCUT2D eigenvalue weighted by Crippen LogP contribution is -2.22. The van der Waals surface area contributed by atoms with Gasteiger partial charge in [-0.05, 0) is 36.0 Å². The zero-order valence-corrected chi connectivity index (χ0v) is 17.4. The maximum atomic E-state index is 5.89. The molecule has 0 aromatic heterocycles. The normalized spacial score (nSPS) is 11.1. The molecule has 0 bridgehead atoms. The summed E-state index contributed by atoms with van der Waals surface area (Å²) in [6, 6.07) is 5.54. The smallest absolute Gasteiger partial charge is 0.193 e. The summed E-state index contributed by atoms with van der Waals surface area (Å²) in [6.07, 6.45) is 1.03.